The van der Waals surface area contributed by atoms with Crippen LogP contribution in [0.25, 0.3) is 5.69 Å². The second-order valence-electron chi connectivity index (χ2n) is 8.75. The molecule has 4 aromatic rings. The molecule has 6 heteroatoms. The maximum Gasteiger partial charge on any atom is 0.174 e. The van der Waals surface area contributed by atoms with Gasteiger partial charge < -0.3 is 19.5 Å². The van der Waals surface area contributed by atoms with Crippen LogP contribution in [0.2, 0.25) is 0 Å². The van der Waals surface area contributed by atoms with Crippen molar-refractivity contribution >= 4 is 23.0 Å². The first-order valence-corrected chi connectivity index (χ1v) is 11.9. The topological polar surface area (TPSA) is 42.3 Å². The number of nitrogens with one attached hydrogen (secondary N) is 1. The van der Waals surface area contributed by atoms with Crippen molar-refractivity contribution in [2.45, 2.75) is 31.8 Å². The zero-order valence-electron chi connectivity index (χ0n) is 19.6. The number of thiocarbonyl (C=S) groups is 1. The Hall–Kier alpha value is -3.64. The van der Waals surface area contributed by atoms with E-state index in [-0.39, 0.29) is 12.1 Å². The van der Waals surface area contributed by atoms with Crippen molar-refractivity contribution < 1.29 is 4.74 Å². The number of ether oxygens (including phenoxy) is 1. The highest BCUT2D eigenvalue weighted by Crippen LogP contribution is 2.42. The Morgan fingerprint density at radius 3 is 2.47 bits per heavy atom. The summed E-state index contributed by atoms with van der Waals surface area (Å²) in [5.74, 6) is 1.29. The van der Waals surface area contributed by atoms with Crippen LogP contribution in [0.1, 0.15) is 48.8 Å². The number of aromatic nitrogens is 2. The van der Waals surface area contributed by atoms with E-state index < -0.39 is 0 Å². The summed E-state index contributed by atoms with van der Waals surface area (Å²) in [6, 6.07) is 26.9. The smallest absolute Gasteiger partial charge is 0.174 e. The SMILES string of the molecule is COc1cccc(-n2cccc2[C@@H]2[C@@H](c3ccccn3)NC(=S)N2c2ccc(C(C)C)cc2)c1. The van der Waals surface area contributed by atoms with Gasteiger partial charge >= 0.3 is 0 Å². The van der Waals surface area contributed by atoms with Gasteiger partial charge in [-0.25, -0.2) is 0 Å². The van der Waals surface area contributed by atoms with E-state index in [0.29, 0.717) is 11.0 Å². The summed E-state index contributed by atoms with van der Waals surface area (Å²) in [6.07, 6.45) is 3.92. The average Bonchev–Trinajstić information content (AvgIpc) is 3.49. The minimum atomic E-state index is -0.0993. The van der Waals surface area contributed by atoms with Crippen LogP contribution in [-0.4, -0.2) is 21.8 Å². The normalized spacial score (nSPS) is 17.8. The summed E-state index contributed by atoms with van der Waals surface area (Å²) in [5.41, 5.74) is 5.47. The second-order valence-corrected chi connectivity index (χ2v) is 9.13. The van der Waals surface area contributed by atoms with Crippen molar-refractivity contribution in [2.75, 3.05) is 12.0 Å². The number of hydrogen-bond donors (Lipinski definition) is 1. The quantitative estimate of drug-likeness (QED) is 0.342. The van der Waals surface area contributed by atoms with Gasteiger partial charge in [-0.3, -0.25) is 4.98 Å². The molecule has 1 saturated heterocycles. The van der Waals surface area contributed by atoms with Gasteiger partial charge in [-0.05, 0) is 72.2 Å². The lowest BCUT2D eigenvalue weighted by Crippen LogP contribution is -2.30. The van der Waals surface area contributed by atoms with E-state index in [2.05, 4.69) is 88.3 Å². The van der Waals surface area contributed by atoms with E-state index in [4.69, 9.17) is 17.0 Å². The van der Waals surface area contributed by atoms with E-state index in [1.54, 1.807) is 7.11 Å². The molecule has 1 fully saturated rings. The number of anilines is 1. The molecule has 0 unspecified atom stereocenters. The molecule has 1 aliphatic heterocycles. The van der Waals surface area contributed by atoms with Crippen LogP contribution in [-0.2, 0) is 0 Å². The molecule has 0 saturated carbocycles. The van der Waals surface area contributed by atoms with Crippen molar-refractivity contribution in [3.63, 3.8) is 0 Å². The Morgan fingerprint density at radius 2 is 1.76 bits per heavy atom. The fourth-order valence-corrected chi connectivity index (χ4v) is 4.93. The summed E-state index contributed by atoms with van der Waals surface area (Å²) in [7, 11) is 1.69. The summed E-state index contributed by atoms with van der Waals surface area (Å²) >= 11 is 5.89. The van der Waals surface area contributed by atoms with Crippen LogP contribution in [0.5, 0.6) is 5.75 Å². The van der Waals surface area contributed by atoms with Gasteiger partial charge in [0, 0.05) is 35.5 Å². The highest BCUT2D eigenvalue weighted by molar-refractivity contribution is 7.80. The predicted octanol–water partition coefficient (Wildman–Crippen LogP) is 6.18. The van der Waals surface area contributed by atoms with Gasteiger partial charge in [0.05, 0.1) is 18.8 Å². The molecule has 5 rings (SSSR count). The van der Waals surface area contributed by atoms with E-state index in [1.807, 2.05) is 36.5 Å². The van der Waals surface area contributed by atoms with Gasteiger partial charge in [-0.15, -0.1) is 0 Å². The zero-order chi connectivity index (χ0) is 23.7. The lowest BCUT2D eigenvalue weighted by molar-refractivity contribution is 0.414. The zero-order valence-corrected chi connectivity index (χ0v) is 20.4. The number of nitrogens with zero attached hydrogens (tertiary/aromatic N) is 3. The van der Waals surface area contributed by atoms with E-state index in [1.165, 1.54) is 5.56 Å². The summed E-state index contributed by atoms with van der Waals surface area (Å²) in [4.78, 5) is 6.89. The van der Waals surface area contributed by atoms with Crippen LogP contribution in [0, 0.1) is 0 Å². The molecular weight excluding hydrogens is 440 g/mol. The highest BCUT2D eigenvalue weighted by Gasteiger charge is 2.42. The minimum absolute atomic E-state index is 0.0894. The molecule has 5 nitrogen and oxygen atoms in total. The number of benzene rings is 2. The summed E-state index contributed by atoms with van der Waals surface area (Å²) in [5, 5.41) is 4.24. The molecule has 3 heterocycles. The molecule has 1 aliphatic rings. The number of pyridine rings is 1. The van der Waals surface area contributed by atoms with Crippen LogP contribution < -0.4 is 15.0 Å². The van der Waals surface area contributed by atoms with E-state index in [9.17, 15) is 0 Å². The lowest BCUT2D eigenvalue weighted by Gasteiger charge is -2.29. The standard InChI is InChI=1S/C28H28N4OS/c1-19(2)20-12-14-21(15-13-20)32-27(26(30-28(32)34)24-10-4-5-16-29-24)25-11-7-17-31(25)22-8-6-9-23(18-22)33-3/h4-19,26-27H,1-3H3,(H,30,34)/t26-,27-/m1/s1. The molecule has 0 amide bonds. The predicted molar refractivity (Wildman–Crippen MR) is 141 cm³/mol. The van der Waals surface area contributed by atoms with Crippen LogP contribution in [0.15, 0.2) is 91.3 Å². The lowest BCUT2D eigenvalue weighted by atomic mass is 9.99. The Balaban J connectivity index is 1.64. The van der Waals surface area contributed by atoms with Gasteiger partial charge in [0.15, 0.2) is 5.11 Å². The Kier molecular flexibility index (Phi) is 6.07. The summed E-state index contributed by atoms with van der Waals surface area (Å²) in [6.45, 7) is 4.41. The maximum absolute atomic E-state index is 5.89. The van der Waals surface area contributed by atoms with Crippen molar-refractivity contribution in [1.82, 2.24) is 14.9 Å². The first kappa shape index (κ1) is 22.2. The van der Waals surface area contributed by atoms with E-state index in [0.717, 1.165) is 28.5 Å². The molecule has 0 spiro atoms. The third-order valence-electron chi connectivity index (χ3n) is 6.35. The fraction of sp³-hybridized carbons (Fsp3) is 0.214. The van der Waals surface area contributed by atoms with Crippen LogP contribution >= 0.6 is 12.2 Å². The summed E-state index contributed by atoms with van der Waals surface area (Å²) < 4.78 is 7.68. The van der Waals surface area contributed by atoms with Gasteiger partial charge in [-0.1, -0.05) is 38.1 Å². The highest BCUT2D eigenvalue weighted by atomic mass is 32.1. The molecule has 0 bridgehead atoms. The minimum Gasteiger partial charge on any atom is -0.497 e. The first-order valence-electron chi connectivity index (χ1n) is 11.5. The van der Waals surface area contributed by atoms with Gasteiger partial charge in [-0.2, -0.15) is 0 Å². The Labute approximate surface area is 206 Å². The van der Waals surface area contributed by atoms with Crippen molar-refractivity contribution in [1.29, 1.82) is 0 Å². The van der Waals surface area contributed by atoms with Crippen LogP contribution in [0.4, 0.5) is 5.69 Å². The molecule has 2 aromatic heterocycles. The molecule has 2 aromatic carbocycles. The van der Waals surface area contributed by atoms with Gasteiger partial charge in [0.25, 0.3) is 0 Å². The number of hydrogen-bond acceptors (Lipinski definition) is 3. The van der Waals surface area contributed by atoms with Crippen molar-refractivity contribution in [3.8, 4) is 11.4 Å². The largest absolute Gasteiger partial charge is 0.497 e. The Bertz CT molecular complexity index is 1280. The van der Waals surface area contributed by atoms with Gasteiger partial charge in [0.2, 0.25) is 0 Å². The molecule has 34 heavy (non-hydrogen) atoms. The monoisotopic (exact) mass is 468 g/mol. The van der Waals surface area contributed by atoms with Crippen molar-refractivity contribution in [2.24, 2.45) is 0 Å². The van der Waals surface area contributed by atoms with E-state index >= 15 is 0 Å². The molecule has 0 radical (unpaired) electrons. The Morgan fingerprint density at radius 1 is 0.941 bits per heavy atom. The fourth-order valence-electron chi connectivity index (χ4n) is 4.58. The maximum atomic E-state index is 5.89. The second kappa shape index (κ2) is 9.31. The third kappa shape index (κ3) is 4.05. The molecule has 1 N–H and O–H groups in total. The van der Waals surface area contributed by atoms with Gasteiger partial charge in [0.1, 0.15) is 11.8 Å². The number of rotatable bonds is 6. The average molecular weight is 469 g/mol. The number of methoxy groups -OCH3 is 1. The third-order valence-corrected chi connectivity index (χ3v) is 6.67. The molecular formula is C28H28N4OS. The molecule has 2 atom stereocenters. The van der Waals surface area contributed by atoms with Crippen LogP contribution in [0.3, 0.4) is 0 Å². The van der Waals surface area contributed by atoms with Crippen molar-refractivity contribution in [3.05, 3.63) is 108 Å². The molecule has 172 valence electrons. The first-order chi connectivity index (χ1) is 16.6. The molecule has 0 aliphatic carbocycles.